The van der Waals surface area contributed by atoms with Crippen LogP contribution in [-0.4, -0.2) is 71.6 Å². The van der Waals surface area contributed by atoms with Gasteiger partial charge in [0.1, 0.15) is 6.10 Å². The fourth-order valence-corrected chi connectivity index (χ4v) is 5.84. The van der Waals surface area contributed by atoms with Crippen LogP contribution in [-0.2, 0) is 12.7 Å². The van der Waals surface area contributed by atoms with Crippen LogP contribution in [0.3, 0.4) is 0 Å². The first kappa shape index (κ1) is 37.7. The molecule has 0 fully saturated rings. The SMILES string of the molecule is C[C@@H]1CN([C@@H](C)CO)C(=O)c2cccc(NC(=O)Nc3ccc(C(F)(F)F)cc3)c2O[C@H]1CN(C)Cc1ccc(C(=O)Nc2ccccc2N)cc1. The number of para-hydroxylation sites is 3. The number of nitrogens with one attached hydrogen (secondary N) is 3. The van der Waals surface area contributed by atoms with Gasteiger partial charge in [-0.1, -0.05) is 37.3 Å². The van der Waals surface area contributed by atoms with Gasteiger partial charge in [-0.2, -0.15) is 13.2 Å². The number of anilines is 4. The van der Waals surface area contributed by atoms with E-state index in [0.717, 1.165) is 29.8 Å². The van der Waals surface area contributed by atoms with Gasteiger partial charge in [0.05, 0.1) is 40.8 Å². The van der Waals surface area contributed by atoms with Crippen molar-refractivity contribution < 1.29 is 37.4 Å². The molecule has 0 unspecified atom stereocenters. The number of carbonyl (C=O) groups is 3. The molecule has 0 radical (unpaired) electrons. The second-order valence-electron chi connectivity index (χ2n) is 12.9. The van der Waals surface area contributed by atoms with Crippen LogP contribution in [0.2, 0.25) is 0 Å². The summed E-state index contributed by atoms with van der Waals surface area (Å²) >= 11 is 0. The summed E-state index contributed by atoms with van der Waals surface area (Å²) in [5, 5.41) is 18.0. The van der Waals surface area contributed by atoms with Gasteiger partial charge in [0.2, 0.25) is 0 Å². The lowest BCUT2D eigenvalue weighted by atomic mass is 9.98. The van der Waals surface area contributed by atoms with Gasteiger partial charge in [-0.15, -0.1) is 0 Å². The molecular weight excluding hydrogens is 677 g/mol. The maximum Gasteiger partial charge on any atom is 0.416 e. The Morgan fingerprint density at radius 3 is 2.29 bits per heavy atom. The van der Waals surface area contributed by atoms with E-state index in [0.29, 0.717) is 36.6 Å². The molecule has 52 heavy (non-hydrogen) atoms. The first-order chi connectivity index (χ1) is 24.7. The zero-order chi connectivity index (χ0) is 37.6. The molecule has 5 rings (SSSR count). The van der Waals surface area contributed by atoms with E-state index in [9.17, 15) is 32.7 Å². The van der Waals surface area contributed by atoms with Crippen molar-refractivity contribution in [2.75, 3.05) is 48.4 Å². The van der Waals surface area contributed by atoms with Gasteiger partial charge in [0, 0.05) is 36.8 Å². The molecule has 274 valence electrons. The van der Waals surface area contributed by atoms with Crippen molar-refractivity contribution in [3.05, 3.63) is 113 Å². The maximum atomic E-state index is 13.8. The van der Waals surface area contributed by atoms with E-state index in [1.807, 2.05) is 31.0 Å². The molecule has 0 saturated heterocycles. The summed E-state index contributed by atoms with van der Waals surface area (Å²) in [5.41, 5.74) is 7.99. The summed E-state index contributed by atoms with van der Waals surface area (Å²) in [7, 11) is 1.91. The lowest BCUT2D eigenvalue weighted by Gasteiger charge is -2.38. The highest BCUT2D eigenvalue weighted by Gasteiger charge is 2.35. The van der Waals surface area contributed by atoms with E-state index in [4.69, 9.17) is 10.5 Å². The number of aliphatic hydroxyl groups is 1. The number of urea groups is 1. The number of carbonyl (C=O) groups excluding carboxylic acids is 3. The van der Waals surface area contributed by atoms with Crippen LogP contribution in [0.25, 0.3) is 0 Å². The molecule has 1 aliphatic rings. The number of amides is 4. The van der Waals surface area contributed by atoms with Crippen LogP contribution in [0, 0.1) is 5.92 Å². The average Bonchev–Trinajstić information content (AvgIpc) is 3.10. The van der Waals surface area contributed by atoms with Gasteiger partial charge in [0.25, 0.3) is 11.8 Å². The Morgan fingerprint density at radius 2 is 1.63 bits per heavy atom. The number of benzene rings is 4. The minimum atomic E-state index is -4.52. The molecule has 4 amide bonds. The zero-order valence-electron chi connectivity index (χ0n) is 28.9. The Bertz CT molecular complexity index is 1890. The standard InChI is InChI=1S/C38H41F3N6O5/c1-23-19-47(24(2)22-48)36(50)29-7-6-10-32(45-37(51)43-28-17-15-27(16-18-28)38(39,40)41)34(29)52-33(23)21-46(3)20-25-11-13-26(14-12-25)35(49)44-31-9-5-4-8-30(31)42/h4-18,23-24,33,48H,19-22,42H2,1-3H3,(H,44,49)(H2,43,45,51)/t23-,24+,33+/m1/s1. The molecule has 6 N–H and O–H groups in total. The van der Waals surface area contributed by atoms with Crippen LogP contribution in [0.4, 0.5) is 40.7 Å². The van der Waals surface area contributed by atoms with Crippen molar-refractivity contribution >= 4 is 40.6 Å². The minimum Gasteiger partial charge on any atom is -0.486 e. The molecule has 0 aliphatic carbocycles. The number of fused-ring (bicyclic) bond motifs is 1. The van der Waals surface area contributed by atoms with Crippen molar-refractivity contribution in [2.45, 2.75) is 38.7 Å². The topological polar surface area (TPSA) is 149 Å². The summed E-state index contributed by atoms with van der Waals surface area (Å²) in [5.74, 6) is -0.772. The molecule has 0 spiro atoms. The van der Waals surface area contributed by atoms with E-state index in [2.05, 4.69) is 16.0 Å². The first-order valence-electron chi connectivity index (χ1n) is 16.6. The number of likely N-dealkylation sites (N-methyl/N-ethyl adjacent to an activating group) is 1. The average molecular weight is 719 g/mol. The molecule has 4 aromatic rings. The molecule has 0 bridgehead atoms. The molecule has 1 aliphatic heterocycles. The highest BCUT2D eigenvalue weighted by atomic mass is 19.4. The Morgan fingerprint density at radius 1 is 0.962 bits per heavy atom. The molecule has 11 nitrogen and oxygen atoms in total. The third-order valence-electron chi connectivity index (χ3n) is 8.78. The highest BCUT2D eigenvalue weighted by molar-refractivity contribution is 6.06. The number of ether oxygens (including phenoxy) is 1. The fourth-order valence-electron chi connectivity index (χ4n) is 5.84. The van der Waals surface area contributed by atoms with Gasteiger partial charge in [-0.25, -0.2) is 4.79 Å². The van der Waals surface area contributed by atoms with Gasteiger partial charge < -0.3 is 36.4 Å². The number of nitrogen functional groups attached to an aromatic ring is 1. The highest BCUT2D eigenvalue weighted by Crippen LogP contribution is 2.35. The van der Waals surface area contributed by atoms with E-state index in [-0.39, 0.29) is 47.0 Å². The lowest BCUT2D eigenvalue weighted by Crippen LogP contribution is -2.49. The van der Waals surface area contributed by atoms with Crippen molar-refractivity contribution in [3.63, 3.8) is 0 Å². The Labute approximate surface area is 299 Å². The molecular formula is C38H41F3N6O5. The number of hydrogen-bond acceptors (Lipinski definition) is 7. The number of rotatable bonds is 10. The summed E-state index contributed by atoms with van der Waals surface area (Å²) < 4.78 is 45.6. The third-order valence-corrected chi connectivity index (χ3v) is 8.78. The van der Waals surface area contributed by atoms with E-state index >= 15 is 0 Å². The Hall–Kier alpha value is -5.60. The van der Waals surface area contributed by atoms with Crippen LogP contribution in [0.15, 0.2) is 91.0 Å². The van der Waals surface area contributed by atoms with Gasteiger partial charge >= 0.3 is 12.2 Å². The number of hydrogen-bond donors (Lipinski definition) is 5. The second kappa shape index (κ2) is 16.2. The largest absolute Gasteiger partial charge is 0.486 e. The molecule has 14 heteroatoms. The van der Waals surface area contributed by atoms with Gasteiger partial charge in [-0.05, 0) is 80.2 Å². The summed E-state index contributed by atoms with van der Waals surface area (Å²) in [6.45, 7) is 4.61. The van der Waals surface area contributed by atoms with Gasteiger partial charge in [0.15, 0.2) is 5.75 Å². The minimum absolute atomic E-state index is 0.129. The summed E-state index contributed by atoms with van der Waals surface area (Å²) in [6, 6.07) is 21.7. The first-order valence-corrected chi connectivity index (χ1v) is 16.6. The number of alkyl halides is 3. The van der Waals surface area contributed by atoms with Crippen molar-refractivity contribution in [2.24, 2.45) is 5.92 Å². The molecule has 1 heterocycles. The number of aliphatic hydroxyl groups excluding tert-OH is 1. The number of halogens is 3. The summed E-state index contributed by atoms with van der Waals surface area (Å²) in [4.78, 5) is 43.3. The van der Waals surface area contributed by atoms with Gasteiger partial charge in [-0.3, -0.25) is 14.5 Å². The van der Waals surface area contributed by atoms with Crippen molar-refractivity contribution in [3.8, 4) is 5.75 Å². The normalized spacial score (nSPS) is 16.6. The predicted molar refractivity (Wildman–Crippen MR) is 193 cm³/mol. The fraction of sp³-hybridized carbons (Fsp3) is 0.289. The van der Waals surface area contributed by atoms with Crippen molar-refractivity contribution in [1.29, 1.82) is 0 Å². The molecule has 0 saturated carbocycles. The van der Waals surface area contributed by atoms with Crippen LogP contribution in [0.5, 0.6) is 5.75 Å². The van der Waals surface area contributed by atoms with Crippen LogP contribution >= 0.6 is 0 Å². The Balaban J connectivity index is 1.32. The molecule has 4 aromatic carbocycles. The number of nitrogens with zero attached hydrogens (tertiary/aromatic N) is 2. The smallest absolute Gasteiger partial charge is 0.416 e. The van der Waals surface area contributed by atoms with E-state index in [1.54, 1.807) is 66.4 Å². The lowest BCUT2D eigenvalue weighted by molar-refractivity contribution is -0.137. The molecule has 0 aromatic heterocycles. The Kier molecular flexibility index (Phi) is 11.7. The maximum absolute atomic E-state index is 13.8. The van der Waals surface area contributed by atoms with Crippen LogP contribution in [0.1, 0.15) is 45.7 Å². The van der Waals surface area contributed by atoms with E-state index < -0.39 is 29.9 Å². The van der Waals surface area contributed by atoms with Crippen molar-refractivity contribution in [1.82, 2.24) is 9.80 Å². The van der Waals surface area contributed by atoms with E-state index in [1.165, 1.54) is 0 Å². The third kappa shape index (κ3) is 9.19. The predicted octanol–water partition coefficient (Wildman–Crippen LogP) is 6.54. The molecule has 3 atom stereocenters. The second-order valence-corrected chi connectivity index (χ2v) is 12.9. The summed E-state index contributed by atoms with van der Waals surface area (Å²) in [6.07, 6.45) is -5.01. The van der Waals surface area contributed by atoms with Crippen LogP contribution < -0.4 is 26.4 Å². The number of nitrogens with two attached hydrogens (primary N) is 1. The quantitative estimate of drug-likeness (QED) is 0.117. The zero-order valence-corrected chi connectivity index (χ0v) is 28.9. The monoisotopic (exact) mass is 718 g/mol.